The van der Waals surface area contributed by atoms with E-state index in [2.05, 4.69) is 0 Å². The van der Waals surface area contributed by atoms with Gasteiger partial charge in [0, 0.05) is 40.6 Å². The zero-order chi connectivity index (χ0) is 34.3. The van der Waals surface area contributed by atoms with Gasteiger partial charge in [0.05, 0.1) is 17.1 Å². The number of Topliss-reactive ketones (excluding diaryl/α,β-unsaturated/α-hetero) is 1. The lowest BCUT2D eigenvalue weighted by Crippen LogP contribution is -2.70. The third-order valence-corrected chi connectivity index (χ3v) is 12.7. The van der Waals surface area contributed by atoms with Gasteiger partial charge in [0.25, 0.3) is 0 Å². The van der Waals surface area contributed by atoms with Gasteiger partial charge in [0.2, 0.25) is 10.9 Å². The predicted molar refractivity (Wildman–Crippen MR) is 167 cm³/mol. The Kier molecular flexibility index (Phi) is 7.87. The van der Waals surface area contributed by atoms with Gasteiger partial charge in [-0.25, -0.2) is 18.0 Å². The molecule has 1 unspecified atom stereocenters. The van der Waals surface area contributed by atoms with Crippen molar-refractivity contribution in [1.29, 1.82) is 0 Å². The van der Waals surface area contributed by atoms with Crippen LogP contribution in [0.3, 0.4) is 0 Å². The topological polar surface area (TPSA) is 111 Å². The molecule has 47 heavy (non-hydrogen) atoms. The van der Waals surface area contributed by atoms with E-state index in [0.29, 0.717) is 11.8 Å². The number of hydrogen-bond acceptors (Lipinski definition) is 8. The highest BCUT2D eigenvalue weighted by Gasteiger charge is 2.78. The van der Waals surface area contributed by atoms with E-state index < -0.39 is 85.1 Å². The number of ether oxygens (including phenoxy) is 1. The van der Waals surface area contributed by atoms with Gasteiger partial charge in [0.1, 0.15) is 11.6 Å². The standard InChI is InChI=1S/C36H37F3O7S/c1-19-15-23-24-17-26(38)25-16-22(40)12-13-33(25,4)35(24,39)28(41)18-34(23,5)36(19,46-30(43)27-7-6-14-45-27)31(44)47-32(2,3)29(42)20-8-10-21(37)11-9-20/h6-14,17,19,23-25,28,41H,15-16,18H2,1-5H3/t19-,23+,24+,25?,28+,33+,34+,35+,36+/m1/s1. The van der Waals surface area contributed by atoms with Crippen LogP contribution in [-0.4, -0.2) is 49.9 Å². The van der Waals surface area contributed by atoms with Crippen LogP contribution < -0.4 is 0 Å². The number of benzene rings is 1. The summed E-state index contributed by atoms with van der Waals surface area (Å²) in [6, 6.07) is 7.75. The van der Waals surface area contributed by atoms with E-state index in [1.165, 1.54) is 63.5 Å². The largest absolute Gasteiger partial charge is 0.457 e. The van der Waals surface area contributed by atoms with Crippen LogP contribution in [0.5, 0.6) is 0 Å². The van der Waals surface area contributed by atoms with E-state index in [-0.39, 0.29) is 36.4 Å². The van der Waals surface area contributed by atoms with Gasteiger partial charge < -0.3 is 14.3 Å². The molecule has 0 spiro atoms. The summed E-state index contributed by atoms with van der Waals surface area (Å²) in [7, 11) is 0. The van der Waals surface area contributed by atoms with Crippen molar-refractivity contribution in [3.8, 4) is 0 Å². The van der Waals surface area contributed by atoms with E-state index in [1.807, 2.05) is 0 Å². The highest BCUT2D eigenvalue weighted by atomic mass is 32.2. The molecule has 4 aliphatic carbocycles. The molecule has 0 radical (unpaired) electrons. The number of esters is 1. The Labute approximate surface area is 275 Å². The Balaban J connectivity index is 1.46. The van der Waals surface area contributed by atoms with E-state index in [4.69, 9.17) is 9.15 Å². The number of allylic oxidation sites excluding steroid dienone is 4. The van der Waals surface area contributed by atoms with Crippen LogP contribution >= 0.6 is 11.8 Å². The summed E-state index contributed by atoms with van der Waals surface area (Å²) >= 11 is 0.647. The minimum atomic E-state index is -2.41. The fourth-order valence-electron chi connectivity index (χ4n) is 9.03. The number of aliphatic hydroxyl groups is 1. The summed E-state index contributed by atoms with van der Waals surface area (Å²) in [4.78, 5) is 54.3. The molecule has 250 valence electrons. The highest BCUT2D eigenvalue weighted by molar-refractivity contribution is 8.15. The summed E-state index contributed by atoms with van der Waals surface area (Å²) in [5, 5.41) is 11.1. The van der Waals surface area contributed by atoms with Crippen molar-refractivity contribution < 1.29 is 46.6 Å². The molecule has 6 rings (SSSR count). The molecule has 9 atom stereocenters. The van der Waals surface area contributed by atoms with Crippen LogP contribution in [0.15, 0.2) is 71.1 Å². The number of carbonyl (C=O) groups is 4. The van der Waals surface area contributed by atoms with Crippen LogP contribution in [0.2, 0.25) is 0 Å². The summed E-state index contributed by atoms with van der Waals surface area (Å²) in [6.45, 7) is 7.90. The van der Waals surface area contributed by atoms with E-state index in [0.717, 1.165) is 18.2 Å². The molecule has 2 fully saturated rings. The number of alkyl halides is 1. The Hall–Kier alpha value is -3.44. The molecule has 0 aliphatic heterocycles. The van der Waals surface area contributed by atoms with Gasteiger partial charge in [-0.15, -0.1) is 0 Å². The molecule has 0 bridgehead atoms. The van der Waals surface area contributed by atoms with Crippen LogP contribution in [0.1, 0.15) is 74.8 Å². The number of aliphatic hydroxyl groups excluding tert-OH is 1. The van der Waals surface area contributed by atoms with Crippen LogP contribution in [0, 0.1) is 40.3 Å². The maximum atomic E-state index is 17.8. The molecule has 4 aliphatic rings. The van der Waals surface area contributed by atoms with Gasteiger partial charge >= 0.3 is 5.97 Å². The third-order valence-electron chi connectivity index (χ3n) is 11.5. The fourth-order valence-corrected chi connectivity index (χ4v) is 10.3. The van der Waals surface area contributed by atoms with Crippen molar-refractivity contribution in [2.24, 2.45) is 34.5 Å². The second kappa shape index (κ2) is 11.1. The van der Waals surface area contributed by atoms with Crippen molar-refractivity contribution in [3.63, 3.8) is 0 Å². The lowest BCUT2D eigenvalue weighted by Gasteiger charge is -2.62. The molecular weight excluding hydrogens is 633 g/mol. The zero-order valence-electron chi connectivity index (χ0n) is 26.7. The van der Waals surface area contributed by atoms with Gasteiger partial charge in [-0.1, -0.05) is 38.6 Å². The Morgan fingerprint density at radius 2 is 1.79 bits per heavy atom. The van der Waals surface area contributed by atoms with Crippen LogP contribution in [-0.2, 0) is 14.3 Å². The van der Waals surface area contributed by atoms with Crippen LogP contribution in [0.4, 0.5) is 13.2 Å². The highest BCUT2D eigenvalue weighted by Crippen LogP contribution is 2.72. The average molecular weight is 671 g/mol. The zero-order valence-corrected chi connectivity index (χ0v) is 27.5. The molecule has 0 amide bonds. The van der Waals surface area contributed by atoms with E-state index in [1.54, 1.807) is 13.8 Å². The molecule has 7 nitrogen and oxygen atoms in total. The smallest absolute Gasteiger partial charge is 0.375 e. The first kappa shape index (κ1) is 33.5. The monoisotopic (exact) mass is 670 g/mol. The SMILES string of the molecule is C[C@@H]1C[C@H]2[C@@H]3C=C(F)C4CC(=O)C=C[C@]4(C)[C@@]3(F)[C@@H](O)C[C@]2(C)[C@@]1(OC(=O)c1ccco1)C(=O)SC(C)(C)C(=O)c1ccc(F)cc1. The number of halogens is 3. The molecular formula is C36H37F3O7S. The lowest BCUT2D eigenvalue weighted by molar-refractivity contribution is -0.217. The third kappa shape index (κ3) is 4.66. The lowest BCUT2D eigenvalue weighted by atomic mass is 9.44. The van der Waals surface area contributed by atoms with Crippen molar-refractivity contribution in [2.45, 2.75) is 76.0 Å². The number of furan rings is 1. The fraction of sp³-hybridized carbons (Fsp3) is 0.500. The summed E-state index contributed by atoms with van der Waals surface area (Å²) < 4.78 is 57.4. The number of ketones is 2. The number of carbonyl (C=O) groups excluding carboxylic acids is 4. The molecule has 0 saturated heterocycles. The Morgan fingerprint density at radius 3 is 2.43 bits per heavy atom. The second-order valence-electron chi connectivity index (χ2n) is 14.4. The number of fused-ring (bicyclic) bond motifs is 5. The summed E-state index contributed by atoms with van der Waals surface area (Å²) in [5.74, 6) is -7.07. The van der Waals surface area contributed by atoms with Crippen molar-refractivity contribution in [2.75, 3.05) is 0 Å². The normalized spacial score (nSPS) is 37.8. The predicted octanol–water partition coefficient (Wildman–Crippen LogP) is 7.01. The maximum Gasteiger partial charge on any atom is 0.375 e. The van der Waals surface area contributed by atoms with Crippen LogP contribution in [0.25, 0.3) is 0 Å². The summed E-state index contributed by atoms with van der Waals surface area (Å²) in [6.07, 6.45) is 2.82. The molecule has 1 heterocycles. The molecule has 11 heteroatoms. The Bertz CT molecular complexity index is 1700. The molecule has 2 saturated carbocycles. The van der Waals surface area contributed by atoms with Gasteiger partial charge in [-0.3, -0.25) is 14.4 Å². The maximum absolute atomic E-state index is 17.8. The minimum absolute atomic E-state index is 0.122. The van der Waals surface area contributed by atoms with Gasteiger partial charge in [-0.2, -0.15) is 0 Å². The molecule has 2 aromatic rings. The van der Waals surface area contributed by atoms with Crippen molar-refractivity contribution in [1.82, 2.24) is 0 Å². The first-order chi connectivity index (χ1) is 21.9. The Morgan fingerprint density at radius 1 is 1.11 bits per heavy atom. The number of thioether (sulfide) groups is 1. The van der Waals surface area contributed by atoms with Gasteiger partial charge in [0.15, 0.2) is 22.8 Å². The molecule has 1 aromatic carbocycles. The molecule has 1 aromatic heterocycles. The first-order valence-corrected chi connectivity index (χ1v) is 16.5. The van der Waals surface area contributed by atoms with Crippen molar-refractivity contribution in [3.05, 3.63) is 83.9 Å². The van der Waals surface area contributed by atoms with Crippen molar-refractivity contribution >= 4 is 34.4 Å². The number of hydrogen-bond donors (Lipinski definition) is 1. The second-order valence-corrected chi connectivity index (χ2v) is 16.0. The van der Waals surface area contributed by atoms with E-state index in [9.17, 15) is 28.7 Å². The van der Waals surface area contributed by atoms with Gasteiger partial charge in [-0.05, 0) is 81.2 Å². The minimum Gasteiger partial charge on any atom is -0.457 e. The van der Waals surface area contributed by atoms with E-state index >= 15 is 8.78 Å². The average Bonchev–Trinajstić information content (AvgIpc) is 3.62. The quantitative estimate of drug-likeness (QED) is 0.258. The summed E-state index contributed by atoms with van der Waals surface area (Å²) in [5.41, 5.74) is -7.27. The first-order valence-electron chi connectivity index (χ1n) is 15.7. The number of rotatable bonds is 6. The molecule has 1 N–H and O–H groups in total.